The highest BCUT2D eigenvalue weighted by atomic mass is 16.5. The maximum Gasteiger partial charge on any atom is 0.100 e. The number of nitrogens with zero attached hydrogens (tertiary/aromatic N) is 5. The normalized spacial score (nSPS) is 18.5. The van der Waals surface area contributed by atoms with Crippen molar-refractivity contribution in [2.45, 2.75) is 19.0 Å². The Bertz CT molecular complexity index is 608. The van der Waals surface area contributed by atoms with E-state index in [4.69, 9.17) is 9.15 Å². The van der Waals surface area contributed by atoms with Gasteiger partial charge in [-0.15, -0.1) is 5.10 Å². The van der Waals surface area contributed by atoms with E-state index < -0.39 is 0 Å². The van der Waals surface area contributed by atoms with Crippen molar-refractivity contribution in [3.05, 3.63) is 35.5 Å². The zero-order chi connectivity index (χ0) is 16.2. The summed E-state index contributed by atoms with van der Waals surface area (Å²) < 4.78 is 13.0. The van der Waals surface area contributed by atoms with Gasteiger partial charge in [-0.3, -0.25) is 9.58 Å². The van der Waals surface area contributed by atoms with Gasteiger partial charge in [0.1, 0.15) is 5.69 Å². The lowest BCUT2D eigenvalue weighted by molar-refractivity contribution is 0.0834. The zero-order valence-corrected chi connectivity index (χ0v) is 14.1. The number of aryl methyl sites for hydroxylation is 1. The molecule has 2 aromatic rings. The molecule has 1 atom stereocenters. The van der Waals surface area contributed by atoms with Crippen LogP contribution in [0.15, 0.2) is 23.0 Å². The molecule has 3 heterocycles. The lowest BCUT2D eigenvalue weighted by Crippen LogP contribution is -2.36. The van der Waals surface area contributed by atoms with Gasteiger partial charge in [-0.2, -0.15) is 0 Å². The fourth-order valence-corrected chi connectivity index (χ4v) is 3.06. The van der Waals surface area contributed by atoms with Gasteiger partial charge in [-0.25, -0.2) is 0 Å². The van der Waals surface area contributed by atoms with Crippen molar-refractivity contribution in [1.82, 2.24) is 24.8 Å². The van der Waals surface area contributed by atoms with Gasteiger partial charge in [0, 0.05) is 44.7 Å². The van der Waals surface area contributed by atoms with E-state index in [2.05, 4.69) is 34.2 Å². The molecule has 7 nitrogen and oxygen atoms in total. The molecule has 126 valence electrons. The Morgan fingerprint density at radius 3 is 3.04 bits per heavy atom. The van der Waals surface area contributed by atoms with Crippen molar-refractivity contribution < 1.29 is 9.15 Å². The lowest BCUT2D eigenvalue weighted by Gasteiger charge is -2.31. The highest BCUT2D eigenvalue weighted by molar-refractivity contribution is 5.20. The van der Waals surface area contributed by atoms with Crippen LogP contribution < -0.4 is 0 Å². The van der Waals surface area contributed by atoms with E-state index in [9.17, 15) is 0 Å². The summed E-state index contributed by atoms with van der Waals surface area (Å²) in [6.45, 7) is 5.00. The maximum absolute atomic E-state index is 5.89. The molecule has 1 unspecified atom stereocenters. The molecule has 0 aromatic carbocycles. The van der Waals surface area contributed by atoms with Crippen molar-refractivity contribution >= 4 is 0 Å². The van der Waals surface area contributed by atoms with E-state index in [1.807, 2.05) is 17.8 Å². The van der Waals surface area contributed by atoms with E-state index in [1.54, 1.807) is 12.5 Å². The van der Waals surface area contributed by atoms with Gasteiger partial charge in [0.25, 0.3) is 0 Å². The van der Waals surface area contributed by atoms with Crippen LogP contribution in [0.2, 0.25) is 0 Å². The van der Waals surface area contributed by atoms with Gasteiger partial charge in [0.2, 0.25) is 0 Å². The van der Waals surface area contributed by atoms with Gasteiger partial charge in [0.15, 0.2) is 0 Å². The van der Waals surface area contributed by atoms with Crippen molar-refractivity contribution in [2.24, 2.45) is 7.05 Å². The summed E-state index contributed by atoms with van der Waals surface area (Å²) in [5.74, 6) is 0.299. The topological polar surface area (TPSA) is 59.6 Å². The van der Waals surface area contributed by atoms with Gasteiger partial charge in [-0.1, -0.05) is 5.21 Å². The first kappa shape index (κ1) is 16.2. The highest BCUT2D eigenvalue weighted by Crippen LogP contribution is 2.27. The first-order valence-corrected chi connectivity index (χ1v) is 7.98. The quantitative estimate of drug-likeness (QED) is 0.712. The average molecular weight is 319 g/mol. The third-order valence-electron chi connectivity index (χ3n) is 4.17. The Hall–Kier alpha value is -1.70. The Kier molecular flexibility index (Phi) is 5.09. The van der Waals surface area contributed by atoms with Gasteiger partial charge in [-0.05, 0) is 20.2 Å². The van der Waals surface area contributed by atoms with Crippen LogP contribution in [0, 0.1) is 0 Å². The number of rotatable bonds is 7. The summed E-state index contributed by atoms with van der Waals surface area (Å²) in [6, 6.07) is 2.01. The molecule has 3 rings (SSSR count). The van der Waals surface area contributed by atoms with E-state index >= 15 is 0 Å². The molecule has 0 saturated heterocycles. The van der Waals surface area contributed by atoms with Crippen LogP contribution in [0.4, 0.5) is 0 Å². The van der Waals surface area contributed by atoms with Crippen molar-refractivity contribution in [3.8, 4) is 0 Å². The van der Waals surface area contributed by atoms with Crippen LogP contribution >= 0.6 is 0 Å². The fourth-order valence-electron chi connectivity index (χ4n) is 3.06. The second-order valence-electron chi connectivity index (χ2n) is 6.42. The minimum absolute atomic E-state index is 0.299. The third-order valence-corrected chi connectivity index (χ3v) is 4.17. The summed E-state index contributed by atoms with van der Waals surface area (Å²) in [6.07, 6.45) is 3.52. The second kappa shape index (κ2) is 7.25. The Morgan fingerprint density at radius 2 is 2.30 bits per heavy atom. The van der Waals surface area contributed by atoms with Crippen LogP contribution in [0.5, 0.6) is 0 Å². The summed E-state index contributed by atoms with van der Waals surface area (Å²) in [4.78, 5) is 4.50. The first-order chi connectivity index (χ1) is 11.1. The predicted octanol–water partition coefficient (Wildman–Crippen LogP) is 1.09. The molecular formula is C16H25N5O2. The number of hydrogen-bond donors (Lipinski definition) is 0. The number of hydrogen-bond acceptors (Lipinski definition) is 6. The monoisotopic (exact) mass is 319 g/mol. The van der Waals surface area contributed by atoms with Crippen LogP contribution in [0.1, 0.15) is 22.9 Å². The van der Waals surface area contributed by atoms with Crippen molar-refractivity contribution in [3.63, 3.8) is 0 Å². The molecule has 0 bridgehead atoms. The van der Waals surface area contributed by atoms with Crippen molar-refractivity contribution in [2.75, 3.05) is 40.4 Å². The van der Waals surface area contributed by atoms with Crippen LogP contribution in [-0.4, -0.2) is 65.2 Å². The lowest BCUT2D eigenvalue weighted by atomic mass is 9.98. The smallest absolute Gasteiger partial charge is 0.100 e. The molecule has 0 amide bonds. The van der Waals surface area contributed by atoms with Crippen molar-refractivity contribution in [1.29, 1.82) is 0 Å². The fraction of sp³-hybridized carbons (Fsp3) is 0.625. The molecule has 7 heteroatoms. The highest BCUT2D eigenvalue weighted by Gasteiger charge is 2.30. The van der Waals surface area contributed by atoms with Gasteiger partial charge >= 0.3 is 0 Å². The van der Waals surface area contributed by atoms with E-state index in [-0.39, 0.29) is 0 Å². The zero-order valence-electron chi connectivity index (χ0n) is 14.1. The summed E-state index contributed by atoms with van der Waals surface area (Å²) in [5.41, 5.74) is 3.45. The minimum Gasteiger partial charge on any atom is -0.472 e. The molecule has 2 aromatic heterocycles. The number of likely N-dealkylation sites (N-methyl/N-ethyl adjacent to an activating group) is 1. The molecule has 0 radical (unpaired) electrons. The summed E-state index contributed by atoms with van der Waals surface area (Å²) in [7, 11) is 6.07. The maximum atomic E-state index is 5.89. The Balaban J connectivity index is 1.65. The summed E-state index contributed by atoms with van der Waals surface area (Å²) >= 11 is 0. The number of furan rings is 1. The van der Waals surface area contributed by atoms with Gasteiger partial charge in [0.05, 0.1) is 31.4 Å². The number of ether oxygens (including phenoxy) is 1. The molecule has 0 aliphatic carbocycles. The average Bonchev–Trinajstić information content (AvgIpc) is 3.14. The molecule has 0 saturated carbocycles. The largest absolute Gasteiger partial charge is 0.472 e. The number of fused-ring (bicyclic) bond motifs is 1. The molecule has 1 aliphatic rings. The van der Waals surface area contributed by atoms with E-state index in [0.717, 1.165) is 38.5 Å². The summed E-state index contributed by atoms with van der Waals surface area (Å²) in [5, 5.41) is 8.52. The molecule has 0 N–H and O–H groups in total. The van der Waals surface area contributed by atoms with Crippen LogP contribution in [-0.2, 0) is 24.9 Å². The molecule has 1 aliphatic heterocycles. The second-order valence-corrected chi connectivity index (χ2v) is 6.42. The number of aromatic nitrogens is 3. The standard InChI is InChI=1S/C16H25N5O2/c1-19(2)5-7-23-12-14-9-21(8-13-4-6-22-11-13)10-15-16(14)20(3)18-17-15/h4,6,11,14H,5,7-10,12H2,1-3H3. The molecule has 0 spiro atoms. The van der Waals surface area contributed by atoms with Crippen LogP contribution in [0.3, 0.4) is 0 Å². The Morgan fingerprint density at radius 1 is 1.43 bits per heavy atom. The predicted molar refractivity (Wildman–Crippen MR) is 85.9 cm³/mol. The third kappa shape index (κ3) is 3.99. The van der Waals surface area contributed by atoms with Gasteiger partial charge < -0.3 is 14.1 Å². The SMILES string of the molecule is CN(C)CCOCC1CN(Cc2ccoc2)Cc2nnn(C)c21. The van der Waals surface area contributed by atoms with E-state index in [0.29, 0.717) is 12.5 Å². The van der Waals surface area contributed by atoms with Crippen LogP contribution in [0.25, 0.3) is 0 Å². The minimum atomic E-state index is 0.299. The molecule has 0 fully saturated rings. The van der Waals surface area contributed by atoms with E-state index in [1.165, 1.54) is 11.3 Å². The molecule has 23 heavy (non-hydrogen) atoms. The Labute approximate surface area is 136 Å². The molecular weight excluding hydrogens is 294 g/mol. The first-order valence-electron chi connectivity index (χ1n) is 7.98.